The fourth-order valence-electron chi connectivity index (χ4n) is 0.620. The molecule has 0 bridgehead atoms. The topological polar surface area (TPSA) is 69.2 Å². The molecule has 0 amide bonds. The molecule has 0 unspecified atom stereocenters. The van der Waals surface area contributed by atoms with Crippen molar-refractivity contribution in [1.29, 1.82) is 0 Å². The molecule has 1 aromatic heterocycles. The van der Waals surface area contributed by atoms with E-state index in [0.717, 1.165) is 11.1 Å². The summed E-state index contributed by atoms with van der Waals surface area (Å²) >= 11 is 1.38. The molecule has 0 aliphatic rings. The lowest BCUT2D eigenvalue weighted by Crippen LogP contribution is -1.97. The van der Waals surface area contributed by atoms with Crippen LogP contribution in [0.25, 0.3) is 5.70 Å². The third-order valence-corrected chi connectivity index (χ3v) is 1.97. The Hall–Kier alpha value is -1.36. The minimum atomic E-state index is -0.560. The quantitative estimate of drug-likeness (QED) is 0.537. The second-order valence-electron chi connectivity index (χ2n) is 1.85. The largest absolute Gasteiger partial charge is 0.393 e. The van der Waals surface area contributed by atoms with Crippen LogP contribution in [0.1, 0.15) is 4.88 Å². The highest BCUT2D eigenvalue weighted by Gasteiger charge is 2.00. The molecule has 58 valence electrons. The molecule has 2 N–H and O–H groups in total. The maximum absolute atomic E-state index is 9.96. The van der Waals surface area contributed by atoms with Gasteiger partial charge in [-0.2, -0.15) is 0 Å². The first kappa shape index (κ1) is 7.74. The zero-order valence-electron chi connectivity index (χ0n) is 5.56. The lowest BCUT2D eigenvalue weighted by atomic mass is 10.4. The van der Waals surface area contributed by atoms with Gasteiger partial charge in [-0.3, -0.25) is 10.1 Å². The summed E-state index contributed by atoms with van der Waals surface area (Å²) in [5, 5.41) is 11.8. The van der Waals surface area contributed by atoms with Crippen LogP contribution in [0.2, 0.25) is 0 Å². The Morgan fingerprint density at radius 3 is 3.00 bits per heavy atom. The summed E-state index contributed by atoms with van der Waals surface area (Å²) in [4.78, 5) is 10.1. The van der Waals surface area contributed by atoms with Gasteiger partial charge < -0.3 is 5.73 Å². The Morgan fingerprint density at radius 1 is 1.82 bits per heavy atom. The first-order valence-corrected chi connectivity index (χ1v) is 3.73. The number of hydrogen-bond acceptors (Lipinski definition) is 4. The van der Waals surface area contributed by atoms with Crippen molar-refractivity contribution < 1.29 is 4.92 Å². The normalized spacial score (nSPS) is 11.5. The molecule has 4 nitrogen and oxygen atoms in total. The van der Waals surface area contributed by atoms with Crippen LogP contribution in [-0.2, 0) is 0 Å². The van der Waals surface area contributed by atoms with E-state index in [2.05, 4.69) is 0 Å². The molecule has 0 fully saturated rings. The standard InChI is InChI=1S/C6H6N2O2S/c7-5(4-8(9)10)6-2-1-3-11-6/h1-4H,7H2/b5-4+. The van der Waals surface area contributed by atoms with Crippen LogP contribution in [0.5, 0.6) is 0 Å². The maximum atomic E-state index is 9.96. The average molecular weight is 170 g/mol. The van der Waals surface area contributed by atoms with E-state index in [1.807, 2.05) is 5.38 Å². The van der Waals surface area contributed by atoms with Crippen LogP contribution in [0.4, 0.5) is 0 Å². The van der Waals surface area contributed by atoms with Crippen molar-refractivity contribution in [1.82, 2.24) is 0 Å². The highest BCUT2D eigenvalue weighted by Crippen LogP contribution is 2.14. The highest BCUT2D eigenvalue weighted by molar-refractivity contribution is 7.11. The van der Waals surface area contributed by atoms with E-state index >= 15 is 0 Å². The summed E-state index contributed by atoms with van der Waals surface area (Å²) in [6, 6.07) is 3.53. The minimum Gasteiger partial charge on any atom is -0.393 e. The molecule has 0 aliphatic heterocycles. The van der Waals surface area contributed by atoms with Crippen LogP contribution in [0.15, 0.2) is 23.7 Å². The number of nitro groups is 1. The van der Waals surface area contributed by atoms with Crippen molar-refractivity contribution in [2.75, 3.05) is 0 Å². The Morgan fingerprint density at radius 2 is 2.55 bits per heavy atom. The zero-order chi connectivity index (χ0) is 8.27. The second-order valence-corrected chi connectivity index (χ2v) is 2.79. The van der Waals surface area contributed by atoms with Crippen molar-refractivity contribution in [3.05, 3.63) is 38.7 Å². The molecule has 0 atom stereocenters. The van der Waals surface area contributed by atoms with Gasteiger partial charge in [0.25, 0.3) is 6.20 Å². The number of hydrogen-bond donors (Lipinski definition) is 1. The third-order valence-electron chi connectivity index (χ3n) is 1.05. The summed E-state index contributed by atoms with van der Waals surface area (Å²) in [5.41, 5.74) is 5.57. The molecule has 1 rings (SSSR count). The van der Waals surface area contributed by atoms with Crippen LogP contribution in [-0.4, -0.2) is 4.92 Å². The van der Waals surface area contributed by atoms with E-state index in [9.17, 15) is 10.1 Å². The predicted octanol–water partition coefficient (Wildman–Crippen LogP) is 1.28. The van der Waals surface area contributed by atoms with Gasteiger partial charge in [0.1, 0.15) is 5.70 Å². The fourth-order valence-corrected chi connectivity index (χ4v) is 1.27. The first-order chi connectivity index (χ1) is 5.20. The Kier molecular flexibility index (Phi) is 2.22. The van der Waals surface area contributed by atoms with E-state index in [1.54, 1.807) is 12.1 Å². The molecule has 0 spiro atoms. The van der Waals surface area contributed by atoms with E-state index in [4.69, 9.17) is 5.73 Å². The molecule has 0 saturated carbocycles. The summed E-state index contributed by atoms with van der Waals surface area (Å²) in [6.45, 7) is 0. The minimum absolute atomic E-state index is 0.199. The predicted molar refractivity (Wildman–Crippen MR) is 43.5 cm³/mol. The third kappa shape index (κ3) is 2.05. The molecule has 0 saturated heterocycles. The molecule has 1 heterocycles. The van der Waals surface area contributed by atoms with Gasteiger partial charge in [-0.25, -0.2) is 0 Å². The van der Waals surface area contributed by atoms with Gasteiger partial charge in [-0.1, -0.05) is 6.07 Å². The molecule has 0 aromatic carbocycles. The second kappa shape index (κ2) is 3.16. The van der Waals surface area contributed by atoms with Crippen molar-refractivity contribution in [2.45, 2.75) is 0 Å². The van der Waals surface area contributed by atoms with Crippen molar-refractivity contribution in [3.63, 3.8) is 0 Å². The molecular formula is C6H6N2O2S. The summed E-state index contributed by atoms with van der Waals surface area (Å²) < 4.78 is 0. The molecule has 11 heavy (non-hydrogen) atoms. The summed E-state index contributed by atoms with van der Waals surface area (Å²) in [7, 11) is 0. The smallest absolute Gasteiger partial charge is 0.258 e. The van der Waals surface area contributed by atoms with E-state index in [1.165, 1.54) is 11.3 Å². The Labute approximate surface area is 67.1 Å². The van der Waals surface area contributed by atoms with E-state index in [0.29, 0.717) is 0 Å². The van der Waals surface area contributed by atoms with Crippen LogP contribution in [0, 0.1) is 10.1 Å². The van der Waals surface area contributed by atoms with Gasteiger partial charge in [-0.15, -0.1) is 11.3 Å². The number of thiophene rings is 1. The van der Waals surface area contributed by atoms with E-state index in [-0.39, 0.29) is 5.70 Å². The van der Waals surface area contributed by atoms with Gasteiger partial charge in [0.05, 0.1) is 9.80 Å². The van der Waals surface area contributed by atoms with Gasteiger partial charge in [0, 0.05) is 0 Å². The molecule has 0 radical (unpaired) electrons. The van der Waals surface area contributed by atoms with Gasteiger partial charge in [-0.05, 0) is 11.4 Å². The number of nitrogens with zero attached hydrogens (tertiary/aromatic N) is 1. The van der Waals surface area contributed by atoms with E-state index < -0.39 is 4.92 Å². The van der Waals surface area contributed by atoms with Crippen molar-refractivity contribution in [3.8, 4) is 0 Å². The summed E-state index contributed by atoms with van der Waals surface area (Å²) in [5.74, 6) is 0. The molecule has 1 aromatic rings. The fraction of sp³-hybridized carbons (Fsp3) is 0. The zero-order valence-corrected chi connectivity index (χ0v) is 6.38. The van der Waals surface area contributed by atoms with Crippen LogP contribution >= 0.6 is 11.3 Å². The van der Waals surface area contributed by atoms with Gasteiger partial charge in [0.15, 0.2) is 0 Å². The molecule has 5 heteroatoms. The van der Waals surface area contributed by atoms with Gasteiger partial charge >= 0.3 is 0 Å². The SMILES string of the molecule is N/C(=C/[N+](=O)[O-])c1cccs1. The highest BCUT2D eigenvalue weighted by atomic mass is 32.1. The van der Waals surface area contributed by atoms with Crippen molar-refractivity contribution in [2.24, 2.45) is 5.73 Å². The lowest BCUT2D eigenvalue weighted by Gasteiger charge is -1.89. The maximum Gasteiger partial charge on any atom is 0.258 e. The Balaban J connectivity index is 2.86. The van der Waals surface area contributed by atoms with Crippen LogP contribution < -0.4 is 5.73 Å². The molecule has 0 aliphatic carbocycles. The van der Waals surface area contributed by atoms with Crippen LogP contribution in [0.3, 0.4) is 0 Å². The summed E-state index contributed by atoms with van der Waals surface area (Å²) in [6.07, 6.45) is 0.797. The first-order valence-electron chi connectivity index (χ1n) is 2.85. The number of rotatable bonds is 2. The van der Waals surface area contributed by atoms with Gasteiger partial charge in [0.2, 0.25) is 0 Å². The lowest BCUT2D eigenvalue weighted by molar-refractivity contribution is -0.401. The number of nitrogens with two attached hydrogens (primary N) is 1. The average Bonchev–Trinajstić information content (AvgIpc) is 2.35. The van der Waals surface area contributed by atoms with Crippen molar-refractivity contribution >= 4 is 17.0 Å². The Bertz CT molecular complexity index is 279. The molecular weight excluding hydrogens is 164 g/mol. The monoisotopic (exact) mass is 170 g/mol.